The number of nitrogens with one attached hydrogen (secondary N) is 1. The van der Waals surface area contributed by atoms with E-state index in [-0.39, 0.29) is 29.2 Å². The third kappa shape index (κ3) is 4.73. The van der Waals surface area contributed by atoms with Crippen LogP contribution in [0, 0.1) is 0 Å². The number of nitrogens with zero attached hydrogens (tertiary/aromatic N) is 2. The van der Waals surface area contributed by atoms with E-state index in [1.807, 2.05) is 36.4 Å². The molecular formula is C21H21N3O4S2. The lowest BCUT2D eigenvalue weighted by Crippen LogP contribution is -2.36. The molecule has 0 saturated carbocycles. The minimum Gasteiger partial charge on any atom is -0.497 e. The highest BCUT2D eigenvalue weighted by atomic mass is 32.2. The first-order valence-electron chi connectivity index (χ1n) is 9.45. The van der Waals surface area contributed by atoms with Crippen LogP contribution in [0.15, 0.2) is 53.8 Å². The number of hydrogen-bond acceptors (Lipinski definition) is 7. The Labute approximate surface area is 179 Å². The summed E-state index contributed by atoms with van der Waals surface area (Å²) in [5.74, 6) is 0.814. The molecule has 0 spiro atoms. The van der Waals surface area contributed by atoms with Crippen LogP contribution in [-0.2, 0) is 14.6 Å². The molecule has 1 aliphatic rings. The summed E-state index contributed by atoms with van der Waals surface area (Å²) in [6.07, 6.45) is 3.98. The maximum atomic E-state index is 12.3. The van der Waals surface area contributed by atoms with Gasteiger partial charge in [-0.3, -0.25) is 9.78 Å². The summed E-state index contributed by atoms with van der Waals surface area (Å²) in [4.78, 5) is 21.2. The SMILES string of the molecule is COc1ccc2c(-c3cccnc3)cc(SCC(=O)NC3CCS(=O)(=O)C3)nc2c1. The summed E-state index contributed by atoms with van der Waals surface area (Å²) in [6.45, 7) is 0. The maximum Gasteiger partial charge on any atom is 0.230 e. The monoisotopic (exact) mass is 443 g/mol. The van der Waals surface area contributed by atoms with Crippen LogP contribution in [0.25, 0.3) is 22.0 Å². The van der Waals surface area contributed by atoms with E-state index in [0.29, 0.717) is 17.2 Å². The van der Waals surface area contributed by atoms with E-state index in [2.05, 4.69) is 15.3 Å². The Bertz CT molecular complexity index is 1180. The van der Waals surface area contributed by atoms with Crippen LogP contribution < -0.4 is 10.1 Å². The highest BCUT2D eigenvalue weighted by Crippen LogP contribution is 2.33. The minimum atomic E-state index is -3.03. The number of carbonyl (C=O) groups is 1. The molecule has 9 heteroatoms. The zero-order valence-corrected chi connectivity index (χ0v) is 18.0. The van der Waals surface area contributed by atoms with Gasteiger partial charge in [0.2, 0.25) is 5.91 Å². The first-order chi connectivity index (χ1) is 14.4. The van der Waals surface area contributed by atoms with Crippen molar-refractivity contribution in [2.45, 2.75) is 17.5 Å². The second-order valence-corrected chi connectivity index (χ2v) is 10.3. The Kier molecular flexibility index (Phi) is 5.92. The molecule has 156 valence electrons. The number of aromatic nitrogens is 2. The lowest BCUT2D eigenvalue weighted by Gasteiger charge is -2.12. The van der Waals surface area contributed by atoms with Crippen molar-refractivity contribution < 1.29 is 17.9 Å². The molecule has 1 unspecified atom stereocenters. The summed E-state index contributed by atoms with van der Waals surface area (Å²) < 4.78 is 28.5. The fourth-order valence-corrected chi connectivity index (χ4v) is 5.86. The number of methoxy groups -OCH3 is 1. The van der Waals surface area contributed by atoms with Crippen molar-refractivity contribution in [3.63, 3.8) is 0 Å². The van der Waals surface area contributed by atoms with Crippen LogP contribution in [0.4, 0.5) is 0 Å². The van der Waals surface area contributed by atoms with Crippen molar-refractivity contribution in [2.75, 3.05) is 24.4 Å². The minimum absolute atomic E-state index is 0.0164. The van der Waals surface area contributed by atoms with E-state index >= 15 is 0 Å². The predicted molar refractivity (Wildman–Crippen MR) is 117 cm³/mol. The van der Waals surface area contributed by atoms with Gasteiger partial charge in [-0.05, 0) is 36.2 Å². The third-order valence-electron chi connectivity index (χ3n) is 4.91. The van der Waals surface area contributed by atoms with Crippen LogP contribution in [0.1, 0.15) is 6.42 Å². The summed E-state index contributed by atoms with van der Waals surface area (Å²) in [5.41, 5.74) is 2.69. The van der Waals surface area contributed by atoms with Gasteiger partial charge in [0.15, 0.2) is 9.84 Å². The van der Waals surface area contributed by atoms with Gasteiger partial charge in [0.25, 0.3) is 0 Å². The average Bonchev–Trinajstić information content (AvgIpc) is 3.09. The van der Waals surface area contributed by atoms with Gasteiger partial charge >= 0.3 is 0 Å². The van der Waals surface area contributed by atoms with Gasteiger partial charge in [-0.15, -0.1) is 0 Å². The lowest BCUT2D eigenvalue weighted by atomic mass is 10.0. The summed E-state index contributed by atoms with van der Waals surface area (Å²) in [5, 5.41) is 4.47. The van der Waals surface area contributed by atoms with Crippen LogP contribution >= 0.6 is 11.8 Å². The van der Waals surface area contributed by atoms with E-state index in [0.717, 1.165) is 22.0 Å². The number of ether oxygens (including phenoxy) is 1. The molecule has 0 aliphatic carbocycles. The van der Waals surface area contributed by atoms with Crippen LogP contribution in [0.3, 0.4) is 0 Å². The summed E-state index contributed by atoms with van der Waals surface area (Å²) in [6, 6.07) is 11.2. The fraction of sp³-hybridized carbons (Fsp3) is 0.286. The lowest BCUT2D eigenvalue weighted by molar-refractivity contribution is -0.119. The highest BCUT2D eigenvalue weighted by molar-refractivity contribution is 7.99. The normalized spacial score (nSPS) is 17.7. The van der Waals surface area contributed by atoms with Gasteiger partial charge in [0, 0.05) is 35.5 Å². The molecule has 3 heterocycles. The Morgan fingerprint density at radius 2 is 2.17 bits per heavy atom. The number of amides is 1. The second kappa shape index (κ2) is 8.61. The quantitative estimate of drug-likeness (QED) is 0.585. The molecule has 1 amide bonds. The largest absolute Gasteiger partial charge is 0.497 e. The van der Waals surface area contributed by atoms with Crippen molar-refractivity contribution in [1.29, 1.82) is 0 Å². The van der Waals surface area contributed by atoms with Crippen LogP contribution in [0.5, 0.6) is 5.75 Å². The Morgan fingerprint density at radius 1 is 1.30 bits per heavy atom. The molecular weight excluding hydrogens is 422 g/mol. The Hall–Kier alpha value is -2.65. The molecule has 4 rings (SSSR count). The van der Waals surface area contributed by atoms with E-state index in [4.69, 9.17) is 4.74 Å². The van der Waals surface area contributed by atoms with Crippen molar-refractivity contribution in [3.05, 3.63) is 48.8 Å². The smallest absolute Gasteiger partial charge is 0.230 e. The number of rotatable bonds is 6. The third-order valence-corrected chi connectivity index (χ3v) is 7.59. The number of thioether (sulfide) groups is 1. The molecule has 1 saturated heterocycles. The molecule has 0 radical (unpaired) electrons. The van der Waals surface area contributed by atoms with E-state index < -0.39 is 9.84 Å². The van der Waals surface area contributed by atoms with Gasteiger partial charge in [-0.2, -0.15) is 0 Å². The van der Waals surface area contributed by atoms with E-state index in [9.17, 15) is 13.2 Å². The van der Waals surface area contributed by atoms with Gasteiger partial charge in [-0.25, -0.2) is 13.4 Å². The second-order valence-electron chi connectivity index (χ2n) is 7.09. The molecule has 1 aliphatic heterocycles. The van der Waals surface area contributed by atoms with Gasteiger partial charge < -0.3 is 10.1 Å². The molecule has 1 atom stereocenters. The Morgan fingerprint density at radius 3 is 2.87 bits per heavy atom. The molecule has 1 aromatic carbocycles. The van der Waals surface area contributed by atoms with Crippen LogP contribution in [0.2, 0.25) is 0 Å². The highest BCUT2D eigenvalue weighted by Gasteiger charge is 2.28. The Balaban J connectivity index is 1.57. The number of sulfone groups is 1. The van der Waals surface area contributed by atoms with Gasteiger partial charge in [0.05, 0.1) is 34.9 Å². The summed E-state index contributed by atoms with van der Waals surface area (Å²) in [7, 11) is -1.42. The fourth-order valence-electron chi connectivity index (χ4n) is 3.46. The van der Waals surface area contributed by atoms with Crippen LogP contribution in [-0.4, -0.2) is 54.7 Å². The number of carbonyl (C=O) groups excluding carboxylic acids is 1. The first kappa shape index (κ1) is 20.6. The molecule has 1 fully saturated rings. The van der Waals surface area contributed by atoms with Gasteiger partial charge in [0.1, 0.15) is 5.75 Å². The van der Waals surface area contributed by atoms with E-state index in [1.165, 1.54) is 11.8 Å². The number of pyridine rings is 2. The van der Waals surface area contributed by atoms with E-state index in [1.54, 1.807) is 19.5 Å². The van der Waals surface area contributed by atoms with Gasteiger partial charge in [-0.1, -0.05) is 17.8 Å². The number of fused-ring (bicyclic) bond motifs is 1. The standard InChI is InChI=1S/C21H21N3O4S2/c1-28-16-4-5-17-18(14-3-2-7-22-11-14)10-21(24-19(17)9-16)29-12-20(25)23-15-6-8-30(26,27)13-15/h2-5,7,9-11,15H,6,8,12-13H2,1H3,(H,23,25). The molecule has 30 heavy (non-hydrogen) atoms. The summed E-state index contributed by atoms with van der Waals surface area (Å²) >= 11 is 1.32. The molecule has 7 nitrogen and oxygen atoms in total. The molecule has 0 bridgehead atoms. The predicted octanol–water partition coefficient (Wildman–Crippen LogP) is 2.70. The zero-order valence-electron chi connectivity index (χ0n) is 16.4. The van der Waals surface area contributed by atoms with Crippen molar-refractivity contribution in [1.82, 2.24) is 15.3 Å². The number of hydrogen-bond donors (Lipinski definition) is 1. The maximum absolute atomic E-state index is 12.3. The molecule has 3 aromatic rings. The van der Waals surface area contributed by atoms with Crippen molar-refractivity contribution in [2.24, 2.45) is 0 Å². The first-order valence-corrected chi connectivity index (χ1v) is 12.3. The average molecular weight is 444 g/mol. The van der Waals surface area contributed by atoms with Crippen molar-refractivity contribution in [3.8, 4) is 16.9 Å². The molecule has 1 N–H and O–H groups in total. The molecule has 2 aromatic heterocycles. The van der Waals surface area contributed by atoms with Crippen molar-refractivity contribution >= 4 is 38.4 Å². The zero-order chi connectivity index (χ0) is 21.1. The topological polar surface area (TPSA) is 98.2 Å². The number of benzene rings is 1.